The molecule has 4 rings (SSSR count). The average Bonchev–Trinajstić information content (AvgIpc) is 3.12. The zero-order valence-electron chi connectivity index (χ0n) is 13.5. The van der Waals surface area contributed by atoms with E-state index in [1.807, 2.05) is 18.2 Å². The maximum atomic E-state index is 13.0. The maximum Gasteiger partial charge on any atom is 0.243 e. The van der Waals surface area contributed by atoms with Crippen LogP contribution in [0, 0.1) is 0 Å². The zero-order chi connectivity index (χ0) is 17.4. The minimum atomic E-state index is -3.57. The van der Waals surface area contributed by atoms with Crippen molar-refractivity contribution >= 4 is 21.6 Å². The fourth-order valence-corrected chi connectivity index (χ4v) is 5.18. The number of hydrogen-bond donors (Lipinski definition) is 0. The van der Waals surface area contributed by atoms with Crippen LogP contribution in [-0.4, -0.2) is 32.5 Å². The number of benzene rings is 2. The van der Waals surface area contributed by atoms with Crippen molar-refractivity contribution in [2.75, 3.05) is 19.8 Å². The molecule has 2 aliphatic rings. The number of rotatable bonds is 3. The maximum absolute atomic E-state index is 13.0. The lowest BCUT2D eigenvalue weighted by Crippen LogP contribution is -2.30. The summed E-state index contributed by atoms with van der Waals surface area (Å²) in [4.78, 5) is 0.265. The van der Waals surface area contributed by atoms with Gasteiger partial charge in [0.15, 0.2) is 11.5 Å². The average molecular weight is 380 g/mol. The first-order chi connectivity index (χ1) is 12.1. The lowest BCUT2D eigenvalue weighted by atomic mass is 10.0. The van der Waals surface area contributed by atoms with Gasteiger partial charge in [-0.2, -0.15) is 4.31 Å². The van der Waals surface area contributed by atoms with Crippen molar-refractivity contribution in [1.29, 1.82) is 0 Å². The van der Waals surface area contributed by atoms with Crippen LogP contribution < -0.4 is 9.47 Å². The van der Waals surface area contributed by atoms with Gasteiger partial charge in [-0.3, -0.25) is 0 Å². The van der Waals surface area contributed by atoms with Crippen LogP contribution in [-0.2, 0) is 10.0 Å². The van der Waals surface area contributed by atoms with Crippen LogP contribution in [0.2, 0.25) is 5.02 Å². The normalized spacial score (nSPS) is 20.6. The van der Waals surface area contributed by atoms with E-state index in [9.17, 15) is 8.42 Å². The molecule has 0 unspecified atom stereocenters. The number of fused-ring (bicyclic) bond motifs is 1. The summed E-state index contributed by atoms with van der Waals surface area (Å²) in [7, 11) is -3.57. The first-order valence-electron chi connectivity index (χ1n) is 8.23. The fraction of sp³-hybridized carbons (Fsp3) is 0.333. The summed E-state index contributed by atoms with van der Waals surface area (Å²) in [5.41, 5.74) is 0.930. The molecular formula is C18H18ClNO4S. The molecule has 0 saturated carbocycles. The van der Waals surface area contributed by atoms with Gasteiger partial charge in [-0.1, -0.05) is 17.7 Å². The second-order valence-electron chi connectivity index (χ2n) is 6.13. The van der Waals surface area contributed by atoms with Crippen molar-refractivity contribution in [2.45, 2.75) is 23.8 Å². The Balaban J connectivity index is 1.67. The molecule has 2 heterocycles. The summed E-state index contributed by atoms with van der Waals surface area (Å²) in [5.74, 6) is 1.39. The van der Waals surface area contributed by atoms with E-state index >= 15 is 0 Å². The number of ether oxygens (including phenoxy) is 2. The standard InChI is InChI=1S/C18H18ClNO4S/c19-14-4-6-15(7-5-14)25(21,22)20-9-1-2-16(20)13-3-8-17-18(12-13)24-11-10-23-17/h3-8,12,16H,1-2,9-11H2/t16-/m1/s1. The van der Waals surface area contributed by atoms with Gasteiger partial charge in [0.25, 0.3) is 0 Å². The van der Waals surface area contributed by atoms with E-state index in [2.05, 4.69) is 0 Å². The third-order valence-corrected chi connectivity index (χ3v) is 6.75. The zero-order valence-corrected chi connectivity index (χ0v) is 15.1. The molecule has 2 aromatic carbocycles. The largest absolute Gasteiger partial charge is 0.486 e. The van der Waals surface area contributed by atoms with Crippen LogP contribution in [0.25, 0.3) is 0 Å². The van der Waals surface area contributed by atoms with Gasteiger partial charge in [0.2, 0.25) is 10.0 Å². The van der Waals surface area contributed by atoms with Gasteiger partial charge < -0.3 is 9.47 Å². The Kier molecular flexibility index (Phi) is 4.35. The van der Waals surface area contributed by atoms with Crippen LogP contribution in [0.15, 0.2) is 47.4 Å². The minimum Gasteiger partial charge on any atom is -0.486 e. The predicted molar refractivity (Wildman–Crippen MR) is 94.8 cm³/mol. The van der Waals surface area contributed by atoms with Gasteiger partial charge >= 0.3 is 0 Å². The van der Waals surface area contributed by atoms with Crippen molar-refractivity contribution in [1.82, 2.24) is 4.31 Å². The molecule has 0 spiro atoms. The summed E-state index contributed by atoms with van der Waals surface area (Å²) in [6, 6.07) is 11.8. The second-order valence-corrected chi connectivity index (χ2v) is 8.46. The second kappa shape index (κ2) is 6.52. The highest BCUT2D eigenvalue weighted by Crippen LogP contribution is 2.40. The third kappa shape index (κ3) is 3.10. The molecule has 1 atom stereocenters. The molecule has 0 bridgehead atoms. The first kappa shape index (κ1) is 16.7. The molecular weight excluding hydrogens is 362 g/mol. The number of nitrogens with zero attached hydrogens (tertiary/aromatic N) is 1. The van der Waals surface area contributed by atoms with E-state index in [1.54, 1.807) is 28.6 Å². The van der Waals surface area contributed by atoms with E-state index in [0.29, 0.717) is 36.3 Å². The topological polar surface area (TPSA) is 55.8 Å². The highest BCUT2D eigenvalue weighted by molar-refractivity contribution is 7.89. The molecule has 2 aliphatic heterocycles. The van der Waals surface area contributed by atoms with Crippen LogP contribution in [0.3, 0.4) is 0 Å². The molecule has 5 nitrogen and oxygen atoms in total. The summed E-state index contributed by atoms with van der Waals surface area (Å²) < 4.78 is 38.8. The summed E-state index contributed by atoms with van der Waals surface area (Å²) in [6.07, 6.45) is 1.61. The minimum absolute atomic E-state index is 0.198. The van der Waals surface area contributed by atoms with Gasteiger partial charge in [0.1, 0.15) is 13.2 Å². The lowest BCUT2D eigenvalue weighted by molar-refractivity contribution is 0.171. The molecule has 1 fully saturated rings. The Morgan fingerprint density at radius 2 is 1.72 bits per heavy atom. The van der Waals surface area contributed by atoms with Crippen molar-refractivity contribution in [3.8, 4) is 11.5 Å². The Morgan fingerprint density at radius 3 is 2.48 bits per heavy atom. The predicted octanol–water partition coefficient (Wildman–Crippen LogP) is 3.64. The van der Waals surface area contributed by atoms with E-state index in [1.165, 1.54) is 0 Å². The summed E-state index contributed by atoms with van der Waals surface area (Å²) in [6.45, 7) is 1.55. The highest BCUT2D eigenvalue weighted by Gasteiger charge is 2.36. The van der Waals surface area contributed by atoms with Gasteiger partial charge in [0.05, 0.1) is 10.9 Å². The molecule has 0 amide bonds. The molecule has 0 aliphatic carbocycles. The van der Waals surface area contributed by atoms with E-state index in [-0.39, 0.29) is 10.9 Å². The van der Waals surface area contributed by atoms with Gasteiger partial charge in [0, 0.05) is 11.6 Å². The first-order valence-corrected chi connectivity index (χ1v) is 10.0. The summed E-state index contributed by atoms with van der Waals surface area (Å²) >= 11 is 5.88. The molecule has 0 radical (unpaired) electrons. The van der Waals surface area contributed by atoms with Crippen molar-refractivity contribution in [2.24, 2.45) is 0 Å². The Labute approximate surface area is 152 Å². The van der Waals surface area contributed by atoms with Crippen molar-refractivity contribution < 1.29 is 17.9 Å². The molecule has 25 heavy (non-hydrogen) atoms. The fourth-order valence-electron chi connectivity index (χ4n) is 3.37. The number of sulfonamides is 1. The van der Waals surface area contributed by atoms with Crippen LogP contribution >= 0.6 is 11.6 Å². The Hall–Kier alpha value is -1.76. The van der Waals surface area contributed by atoms with E-state index < -0.39 is 10.0 Å². The molecule has 0 aromatic heterocycles. The van der Waals surface area contributed by atoms with Crippen molar-refractivity contribution in [3.63, 3.8) is 0 Å². The van der Waals surface area contributed by atoms with Crippen LogP contribution in [0.1, 0.15) is 24.4 Å². The van der Waals surface area contributed by atoms with E-state index in [4.69, 9.17) is 21.1 Å². The molecule has 132 valence electrons. The Bertz CT molecular complexity index is 882. The lowest BCUT2D eigenvalue weighted by Gasteiger charge is -2.26. The number of hydrogen-bond acceptors (Lipinski definition) is 4. The SMILES string of the molecule is O=S(=O)(c1ccc(Cl)cc1)N1CCC[C@@H]1c1ccc2c(c1)OCCO2. The van der Waals surface area contributed by atoms with Gasteiger partial charge in [-0.15, -0.1) is 0 Å². The van der Waals surface area contributed by atoms with Gasteiger partial charge in [-0.05, 0) is 54.8 Å². The smallest absolute Gasteiger partial charge is 0.243 e. The quantitative estimate of drug-likeness (QED) is 0.817. The molecule has 1 saturated heterocycles. The van der Waals surface area contributed by atoms with Crippen LogP contribution in [0.4, 0.5) is 0 Å². The molecule has 7 heteroatoms. The Morgan fingerprint density at radius 1 is 1.00 bits per heavy atom. The van der Waals surface area contributed by atoms with Crippen LogP contribution in [0.5, 0.6) is 11.5 Å². The molecule has 2 aromatic rings. The van der Waals surface area contributed by atoms with Crippen molar-refractivity contribution in [3.05, 3.63) is 53.1 Å². The number of halogens is 1. The summed E-state index contributed by atoms with van der Waals surface area (Å²) in [5, 5.41) is 0.517. The third-order valence-electron chi connectivity index (χ3n) is 4.57. The van der Waals surface area contributed by atoms with Gasteiger partial charge in [-0.25, -0.2) is 8.42 Å². The molecule has 0 N–H and O–H groups in total. The van der Waals surface area contributed by atoms with E-state index in [0.717, 1.165) is 18.4 Å². The highest BCUT2D eigenvalue weighted by atomic mass is 35.5. The monoisotopic (exact) mass is 379 g/mol.